The third-order valence-electron chi connectivity index (χ3n) is 8.58. The third-order valence-corrected chi connectivity index (χ3v) is 8.58. The van der Waals surface area contributed by atoms with Crippen LogP contribution < -0.4 is 5.32 Å². The molecule has 0 spiro atoms. The number of hydrogen-bond acceptors (Lipinski definition) is 4. The molecule has 6 heteroatoms. The molecule has 0 aromatic heterocycles. The Balaban J connectivity index is 1.16. The molecule has 1 amide bonds. The number of alkyl carbamates (subject to hydrolysis) is 1. The first-order chi connectivity index (χ1) is 18.2. The fourth-order valence-electron chi connectivity index (χ4n) is 5.54. The van der Waals surface area contributed by atoms with Gasteiger partial charge in [-0.25, -0.2) is 4.79 Å². The summed E-state index contributed by atoms with van der Waals surface area (Å²) in [6, 6.07) is 23.2. The third kappa shape index (κ3) is 4.46. The van der Waals surface area contributed by atoms with E-state index in [2.05, 4.69) is 66.0 Å². The van der Waals surface area contributed by atoms with Gasteiger partial charge in [0, 0.05) is 12.5 Å². The zero-order valence-corrected chi connectivity index (χ0v) is 22.5. The maximum absolute atomic E-state index is 12.9. The monoisotopic (exact) mass is 507 g/mol. The van der Waals surface area contributed by atoms with Crippen LogP contribution in [0, 0.1) is 0 Å². The lowest BCUT2D eigenvalue weighted by molar-refractivity contribution is 0.00578. The molecule has 1 aliphatic heterocycles. The highest BCUT2D eigenvalue weighted by Gasteiger charge is 2.52. The van der Waals surface area contributed by atoms with E-state index < -0.39 is 24.4 Å². The zero-order valence-electron chi connectivity index (χ0n) is 22.5. The summed E-state index contributed by atoms with van der Waals surface area (Å²) in [5, 5.41) is 2.96. The van der Waals surface area contributed by atoms with Crippen LogP contribution in [0.25, 0.3) is 17.2 Å². The predicted octanol–water partition coefficient (Wildman–Crippen LogP) is 6.34. The van der Waals surface area contributed by atoms with E-state index in [1.807, 2.05) is 39.8 Å². The molecule has 6 rings (SSSR count). The van der Waals surface area contributed by atoms with Crippen LogP contribution in [-0.4, -0.2) is 37.6 Å². The molecule has 0 radical (unpaired) electrons. The van der Waals surface area contributed by atoms with E-state index >= 15 is 0 Å². The first-order valence-electron chi connectivity index (χ1n) is 13.5. The highest BCUT2D eigenvalue weighted by Crippen LogP contribution is 2.44. The molecule has 1 fully saturated rings. The standard InChI is InChI=1S/C32H34BNO4/c1-31(2)32(3,4)38-33(37-31)24(18-21-13-14-22-15-16-23(22)17-21)19-34-30(35)36-20-29-27-11-7-5-9-25(27)26-10-6-8-12-28(26)29/h5-14,17-18,29H,15-16,19-20H2,1-4H3,(H,34,35). The summed E-state index contributed by atoms with van der Waals surface area (Å²) in [6.07, 6.45) is 3.88. The van der Waals surface area contributed by atoms with Crippen LogP contribution in [0.15, 0.2) is 72.2 Å². The number of fused-ring (bicyclic) bond motifs is 4. The van der Waals surface area contributed by atoms with Crippen LogP contribution >= 0.6 is 0 Å². The summed E-state index contributed by atoms with van der Waals surface area (Å²) in [5.74, 6) is 0.0220. The van der Waals surface area contributed by atoms with Crippen LogP contribution in [0.2, 0.25) is 0 Å². The average molecular weight is 507 g/mol. The Kier molecular flexibility index (Phi) is 6.20. The molecule has 1 heterocycles. The molecule has 194 valence electrons. The topological polar surface area (TPSA) is 56.8 Å². The number of benzene rings is 3. The van der Waals surface area contributed by atoms with Crippen LogP contribution in [-0.2, 0) is 26.9 Å². The van der Waals surface area contributed by atoms with Gasteiger partial charge >= 0.3 is 13.2 Å². The average Bonchev–Trinajstić information content (AvgIpc) is 3.31. The van der Waals surface area contributed by atoms with Crippen molar-refractivity contribution in [2.45, 2.75) is 57.7 Å². The summed E-state index contributed by atoms with van der Waals surface area (Å²) < 4.78 is 18.4. The molecule has 5 nitrogen and oxygen atoms in total. The highest BCUT2D eigenvalue weighted by atomic mass is 16.7. The van der Waals surface area contributed by atoms with Crippen molar-refractivity contribution < 1.29 is 18.8 Å². The molecular formula is C32H34BNO4. The van der Waals surface area contributed by atoms with Gasteiger partial charge in [-0.05, 0) is 85.0 Å². The van der Waals surface area contributed by atoms with Gasteiger partial charge < -0.3 is 19.4 Å². The van der Waals surface area contributed by atoms with Crippen LogP contribution in [0.1, 0.15) is 61.4 Å². The maximum Gasteiger partial charge on any atom is 0.492 e. The van der Waals surface area contributed by atoms with Crippen LogP contribution in [0.5, 0.6) is 0 Å². The summed E-state index contributed by atoms with van der Waals surface area (Å²) in [6.45, 7) is 8.69. The summed E-state index contributed by atoms with van der Waals surface area (Å²) in [5.41, 5.74) is 8.61. The van der Waals surface area contributed by atoms with Crippen molar-refractivity contribution in [3.8, 4) is 11.1 Å². The van der Waals surface area contributed by atoms with Crippen molar-refractivity contribution in [3.63, 3.8) is 0 Å². The van der Waals surface area contributed by atoms with Crippen molar-refractivity contribution >= 4 is 19.3 Å². The van der Waals surface area contributed by atoms with E-state index in [4.69, 9.17) is 14.0 Å². The molecule has 38 heavy (non-hydrogen) atoms. The molecular weight excluding hydrogens is 473 g/mol. The Bertz CT molecular complexity index is 1360. The molecule has 1 N–H and O–H groups in total. The van der Waals surface area contributed by atoms with Gasteiger partial charge in [0.1, 0.15) is 6.61 Å². The van der Waals surface area contributed by atoms with Gasteiger partial charge in [-0.1, -0.05) is 72.8 Å². The maximum atomic E-state index is 12.9. The van der Waals surface area contributed by atoms with Crippen molar-refractivity contribution in [2.24, 2.45) is 0 Å². The SMILES string of the molecule is CC1(C)OB(C(=Cc2ccc3c(c2)CC3)CNC(=O)OCC2c3ccccc3-c3ccccc32)OC1(C)C. The number of ether oxygens (including phenoxy) is 1. The second-order valence-corrected chi connectivity index (χ2v) is 11.5. The van der Waals surface area contributed by atoms with Crippen molar-refractivity contribution in [2.75, 3.05) is 13.2 Å². The number of rotatable bonds is 6. The van der Waals surface area contributed by atoms with E-state index in [-0.39, 0.29) is 19.1 Å². The van der Waals surface area contributed by atoms with Gasteiger partial charge in [-0.3, -0.25) is 0 Å². The molecule has 3 aromatic carbocycles. The number of carbonyl (C=O) groups excluding carboxylic acids is 1. The summed E-state index contributed by atoms with van der Waals surface area (Å²) in [7, 11) is -0.556. The van der Waals surface area contributed by atoms with Gasteiger partial charge in [-0.2, -0.15) is 0 Å². The largest absolute Gasteiger partial charge is 0.492 e. The van der Waals surface area contributed by atoms with Gasteiger partial charge in [0.2, 0.25) is 0 Å². The smallest absolute Gasteiger partial charge is 0.449 e. The van der Waals surface area contributed by atoms with Crippen molar-refractivity contribution in [1.82, 2.24) is 5.32 Å². The molecule has 3 aliphatic rings. The Morgan fingerprint density at radius 2 is 1.53 bits per heavy atom. The van der Waals surface area contributed by atoms with Gasteiger partial charge in [0.15, 0.2) is 0 Å². The normalized spacial score (nSPS) is 18.8. The lowest BCUT2D eigenvalue weighted by atomic mass is 9.76. The van der Waals surface area contributed by atoms with Crippen LogP contribution in [0.4, 0.5) is 4.79 Å². The second kappa shape index (κ2) is 9.44. The molecule has 0 unspecified atom stereocenters. The van der Waals surface area contributed by atoms with Crippen molar-refractivity contribution in [1.29, 1.82) is 0 Å². The number of amides is 1. The molecule has 0 atom stereocenters. The van der Waals surface area contributed by atoms with Gasteiger partial charge in [0.25, 0.3) is 0 Å². The van der Waals surface area contributed by atoms with Crippen LogP contribution in [0.3, 0.4) is 0 Å². The van der Waals surface area contributed by atoms with Gasteiger partial charge in [-0.15, -0.1) is 0 Å². The van der Waals surface area contributed by atoms with Gasteiger partial charge in [0.05, 0.1) is 11.2 Å². The molecule has 0 bridgehead atoms. The Hall–Kier alpha value is -3.35. The number of carbonyl (C=O) groups is 1. The minimum atomic E-state index is -0.556. The zero-order chi connectivity index (χ0) is 26.5. The molecule has 1 saturated heterocycles. The first-order valence-corrected chi connectivity index (χ1v) is 13.5. The lowest BCUT2D eigenvalue weighted by Crippen LogP contribution is -2.41. The van der Waals surface area contributed by atoms with E-state index in [0.717, 1.165) is 23.9 Å². The number of aryl methyl sites for hydroxylation is 2. The minimum Gasteiger partial charge on any atom is -0.449 e. The summed E-state index contributed by atoms with van der Waals surface area (Å²) >= 11 is 0. The fourth-order valence-corrected chi connectivity index (χ4v) is 5.54. The minimum absolute atomic E-state index is 0.0220. The Morgan fingerprint density at radius 1 is 0.921 bits per heavy atom. The van der Waals surface area contributed by atoms with E-state index in [1.165, 1.54) is 33.4 Å². The predicted molar refractivity (Wildman–Crippen MR) is 151 cm³/mol. The molecule has 3 aromatic rings. The Morgan fingerprint density at radius 3 is 2.11 bits per heavy atom. The van der Waals surface area contributed by atoms with E-state index in [1.54, 1.807) is 0 Å². The molecule has 0 saturated carbocycles. The van der Waals surface area contributed by atoms with E-state index in [0.29, 0.717) is 0 Å². The lowest BCUT2D eigenvalue weighted by Gasteiger charge is -2.32. The quantitative estimate of drug-likeness (QED) is 0.396. The molecule has 2 aliphatic carbocycles. The van der Waals surface area contributed by atoms with E-state index in [9.17, 15) is 4.79 Å². The number of hydrogen-bond donors (Lipinski definition) is 1. The summed E-state index contributed by atoms with van der Waals surface area (Å²) in [4.78, 5) is 12.9. The first kappa shape index (κ1) is 25.0. The van der Waals surface area contributed by atoms with Crippen molar-refractivity contribution in [3.05, 3.63) is 100 Å². The Labute approximate surface area is 225 Å². The number of nitrogens with one attached hydrogen (secondary N) is 1. The second-order valence-electron chi connectivity index (χ2n) is 11.5. The highest BCUT2D eigenvalue weighted by molar-refractivity contribution is 6.56. The fraction of sp³-hybridized carbons (Fsp3) is 0.344.